The first-order valence-corrected chi connectivity index (χ1v) is 8.18. The predicted octanol–water partition coefficient (Wildman–Crippen LogP) is 3.01. The lowest BCUT2D eigenvalue weighted by molar-refractivity contribution is -0.117. The van der Waals surface area contributed by atoms with Gasteiger partial charge in [0, 0.05) is 28.3 Å². The molecule has 21 heavy (non-hydrogen) atoms. The van der Waals surface area contributed by atoms with Crippen molar-refractivity contribution in [3.8, 4) is 0 Å². The van der Waals surface area contributed by atoms with Gasteiger partial charge in [-0.2, -0.15) is 0 Å². The maximum Gasteiger partial charge on any atom is 0.246 e. The first kappa shape index (κ1) is 16.5. The van der Waals surface area contributed by atoms with Crippen LogP contribution in [0.2, 0.25) is 0 Å². The Morgan fingerprint density at radius 2 is 2.10 bits per heavy atom. The summed E-state index contributed by atoms with van der Waals surface area (Å²) in [6.45, 7) is 5.26. The van der Waals surface area contributed by atoms with Crippen molar-refractivity contribution in [3.63, 3.8) is 0 Å². The van der Waals surface area contributed by atoms with E-state index in [0.29, 0.717) is 12.0 Å². The van der Waals surface area contributed by atoms with Gasteiger partial charge in [-0.15, -0.1) is 0 Å². The Morgan fingerprint density at radius 1 is 1.38 bits per heavy atom. The van der Waals surface area contributed by atoms with Crippen molar-refractivity contribution in [2.24, 2.45) is 5.92 Å². The van der Waals surface area contributed by atoms with Crippen molar-refractivity contribution in [1.82, 2.24) is 10.2 Å². The van der Waals surface area contributed by atoms with Gasteiger partial charge in [-0.3, -0.25) is 4.79 Å². The van der Waals surface area contributed by atoms with Gasteiger partial charge in [0.25, 0.3) is 0 Å². The highest BCUT2D eigenvalue weighted by Gasteiger charge is 2.31. The van der Waals surface area contributed by atoms with E-state index in [0.717, 1.165) is 28.7 Å². The molecule has 1 aromatic rings. The lowest BCUT2D eigenvalue weighted by Gasteiger charge is -2.27. The quantitative estimate of drug-likeness (QED) is 0.826. The number of hydrogen-bond acceptors (Lipinski definition) is 3. The third kappa shape index (κ3) is 4.05. The number of likely N-dealkylation sites (N-methyl/N-ethyl adjacent to an activating group) is 1. The smallest absolute Gasteiger partial charge is 0.246 e. The molecule has 0 saturated heterocycles. The highest BCUT2D eigenvalue weighted by Crippen LogP contribution is 2.33. The van der Waals surface area contributed by atoms with Gasteiger partial charge in [0.1, 0.15) is 6.04 Å². The second-order valence-electron chi connectivity index (χ2n) is 6.31. The number of carbonyl (C=O) groups is 1. The number of anilines is 1. The molecule has 0 fully saturated rings. The zero-order chi connectivity index (χ0) is 15.6. The molecule has 0 saturated carbocycles. The molecular weight excluding hydrogens is 330 g/mol. The molecule has 2 unspecified atom stereocenters. The number of carbonyl (C=O) groups excluding carboxylic acids is 1. The molecule has 4 nitrogen and oxygen atoms in total. The minimum atomic E-state index is -0.257. The van der Waals surface area contributed by atoms with Crippen LogP contribution in [-0.2, 0) is 4.79 Å². The number of halogens is 1. The second-order valence-corrected chi connectivity index (χ2v) is 7.22. The van der Waals surface area contributed by atoms with Crippen LogP contribution in [0.4, 0.5) is 5.69 Å². The fourth-order valence-electron chi connectivity index (χ4n) is 2.71. The van der Waals surface area contributed by atoms with Crippen LogP contribution in [-0.4, -0.2) is 37.5 Å². The number of nitrogens with zero attached hydrogens (tertiary/aromatic N) is 1. The van der Waals surface area contributed by atoms with E-state index < -0.39 is 0 Å². The van der Waals surface area contributed by atoms with Gasteiger partial charge < -0.3 is 15.5 Å². The molecule has 2 N–H and O–H groups in total. The molecule has 1 heterocycles. The summed E-state index contributed by atoms with van der Waals surface area (Å²) in [6, 6.07) is 6.07. The predicted molar refractivity (Wildman–Crippen MR) is 90.4 cm³/mol. The monoisotopic (exact) mass is 353 g/mol. The van der Waals surface area contributed by atoms with Crippen LogP contribution in [0.25, 0.3) is 0 Å². The highest BCUT2D eigenvalue weighted by molar-refractivity contribution is 9.10. The van der Waals surface area contributed by atoms with Gasteiger partial charge in [-0.05, 0) is 44.6 Å². The summed E-state index contributed by atoms with van der Waals surface area (Å²) in [6.07, 6.45) is 1.11. The number of amides is 1. The lowest BCUT2D eigenvalue weighted by Crippen LogP contribution is -2.41. The molecule has 2 rings (SSSR count). The van der Waals surface area contributed by atoms with Crippen LogP contribution in [0, 0.1) is 5.92 Å². The SMILES string of the molecule is CC(C)CC(CNC1C(=O)Nc2ccc(Br)cc21)N(C)C. The minimum Gasteiger partial charge on any atom is -0.324 e. The molecule has 1 aliphatic rings. The number of nitrogens with one attached hydrogen (secondary N) is 2. The maximum atomic E-state index is 12.1. The third-order valence-electron chi connectivity index (χ3n) is 3.88. The van der Waals surface area contributed by atoms with Crippen LogP contribution < -0.4 is 10.6 Å². The first-order chi connectivity index (χ1) is 9.88. The van der Waals surface area contributed by atoms with Crippen LogP contribution in [0.3, 0.4) is 0 Å². The van der Waals surface area contributed by atoms with Gasteiger partial charge in [0.2, 0.25) is 5.91 Å². The van der Waals surface area contributed by atoms with Crippen LogP contribution >= 0.6 is 15.9 Å². The maximum absolute atomic E-state index is 12.1. The van der Waals surface area contributed by atoms with Crippen LogP contribution in [0.1, 0.15) is 31.9 Å². The zero-order valence-electron chi connectivity index (χ0n) is 13.1. The summed E-state index contributed by atoms with van der Waals surface area (Å²) in [5, 5.41) is 6.36. The van der Waals surface area contributed by atoms with E-state index in [4.69, 9.17) is 0 Å². The van der Waals surface area contributed by atoms with Crippen molar-refractivity contribution in [3.05, 3.63) is 28.2 Å². The average Bonchev–Trinajstić information content (AvgIpc) is 2.69. The van der Waals surface area contributed by atoms with E-state index in [-0.39, 0.29) is 11.9 Å². The zero-order valence-corrected chi connectivity index (χ0v) is 14.7. The van der Waals surface area contributed by atoms with Gasteiger partial charge in [0.15, 0.2) is 0 Å². The van der Waals surface area contributed by atoms with Gasteiger partial charge >= 0.3 is 0 Å². The number of hydrogen-bond donors (Lipinski definition) is 2. The summed E-state index contributed by atoms with van der Waals surface area (Å²) >= 11 is 3.47. The minimum absolute atomic E-state index is 0.0325. The Bertz CT molecular complexity index is 516. The molecule has 1 amide bonds. The Hall–Kier alpha value is -0.910. The van der Waals surface area contributed by atoms with Crippen molar-refractivity contribution >= 4 is 27.5 Å². The number of fused-ring (bicyclic) bond motifs is 1. The number of benzene rings is 1. The summed E-state index contributed by atoms with van der Waals surface area (Å²) in [4.78, 5) is 14.4. The largest absolute Gasteiger partial charge is 0.324 e. The number of rotatable bonds is 6. The summed E-state index contributed by atoms with van der Waals surface area (Å²) < 4.78 is 0.996. The van der Waals surface area contributed by atoms with E-state index in [1.54, 1.807) is 0 Å². The Balaban J connectivity index is 2.06. The van der Waals surface area contributed by atoms with E-state index in [1.807, 2.05) is 18.2 Å². The molecule has 0 aliphatic carbocycles. The summed E-state index contributed by atoms with van der Waals surface area (Å²) in [5.74, 6) is 0.670. The van der Waals surface area contributed by atoms with E-state index >= 15 is 0 Å². The van der Waals surface area contributed by atoms with Crippen molar-refractivity contribution in [1.29, 1.82) is 0 Å². The summed E-state index contributed by atoms with van der Waals surface area (Å²) in [5.41, 5.74) is 1.93. The standard InChI is InChI=1S/C16H24BrN3O/c1-10(2)7-12(20(3)4)9-18-15-13-8-11(17)5-6-14(13)19-16(15)21/h5-6,8,10,12,15,18H,7,9H2,1-4H3,(H,19,21). The molecule has 0 bridgehead atoms. The second kappa shape index (κ2) is 6.90. The molecule has 0 aromatic heterocycles. The molecule has 1 aliphatic heterocycles. The molecular formula is C16H24BrN3O. The lowest BCUT2D eigenvalue weighted by atomic mass is 10.0. The summed E-state index contributed by atoms with van der Waals surface area (Å²) in [7, 11) is 4.18. The molecule has 0 spiro atoms. The average molecular weight is 354 g/mol. The normalized spacial score (nSPS) is 19.0. The van der Waals surface area contributed by atoms with Gasteiger partial charge in [-0.25, -0.2) is 0 Å². The first-order valence-electron chi connectivity index (χ1n) is 7.38. The third-order valence-corrected chi connectivity index (χ3v) is 4.37. The van der Waals surface area contributed by atoms with Gasteiger partial charge in [0.05, 0.1) is 0 Å². The Morgan fingerprint density at radius 3 is 2.71 bits per heavy atom. The van der Waals surface area contributed by atoms with Crippen molar-refractivity contribution in [2.75, 3.05) is 26.0 Å². The van der Waals surface area contributed by atoms with E-state index in [2.05, 4.69) is 59.4 Å². The van der Waals surface area contributed by atoms with Crippen LogP contribution in [0.5, 0.6) is 0 Å². The van der Waals surface area contributed by atoms with E-state index in [1.165, 1.54) is 0 Å². The van der Waals surface area contributed by atoms with Crippen LogP contribution in [0.15, 0.2) is 22.7 Å². The molecule has 116 valence electrons. The fourth-order valence-corrected chi connectivity index (χ4v) is 3.09. The highest BCUT2D eigenvalue weighted by atomic mass is 79.9. The molecule has 1 aromatic carbocycles. The van der Waals surface area contributed by atoms with Crippen molar-refractivity contribution in [2.45, 2.75) is 32.4 Å². The molecule has 2 atom stereocenters. The van der Waals surface area contributed by atoms with Crippen molar-refractivity contribution < 1.29 is 4.79 Å². The molecule has 0 radical (unpaired) electrons. The Kier molecular flexibility index (Phi) is 5.41. The van der Waals surface area contributed by atoms with E-state index in [9.17, 15) is 4.79 Å². The fraction of sp³-hybridized carbons (Fsp3) is 0.562. The molecule has 5 heteroatoms. The van der Waals surface area contributed by atoms with Gasteiger partial charge in [-0.1, -0.05) is 29.8 Å². The topological polar surface area (TPSA) is 44.4 Å². The Labute approximate surface area is 135 Å².